The molecule has 14 heteroatoms. The monoisotopic (exact) mass is 662 g/mol. The molecule has 4 rings (SSSR count). The van der Waals surface area contributed by atoms with E-state index >= 15 is 0 Å². The fraction of sp³-hybridized carbons (Fsp3) is 0.281. The fourth-order valence-electron chi connectivity index (χ4n) is 4.43. The molecule has 4 aromatic rings. The van der Waals surface area contributed by atoms with Gasteiger partial charge in [0.1, 0.15) is 29.0 Å². The van der Waals surface area contributed by atoms with E-state index in [9.17, 15) is 36.6 Å². The summed E-state index contributed by atoms with van der Waals surface area (Å²) in [6.07, 6.45) is -5.87. The van der Waals surface area contributed by atoms with Gasteiger partial charge in [0.2, 0.25) is 0 Å². The van der Waals surface area contributed by atoms with Crippen LogP contribution in [0.5, 0.6) is 5.75 Å². The second kappa shape index (κ2) is 15.3. The first-order chi connectivity index (χ1) is 21.8. The maximum absolute atomic E-state index is 13.7. The smallest absolute Gasteiger partial charge is 0.416 e. The molecule has 0 saturated heterocycles. The minimum atomic E-state index is -4.52. The van der Waals surface area contributed by atoms with E-state index in [1.165, 1.54) is 46.6 Å². The second-order valence-corrected chi connectivity index (χ2v) is 11.5. The van der Waals surface area contributed by atoms with Crippen LogP contribution in [0, 0.1) is 18.6 Å². The molecule has 8 nitrogen and oxygen atoms in total. The van der Waals surface area contributed by atoms with E-state index in [4.69, 9.17) is 4.74 Å². The maximum Gasteiger partial charge on any atom is 0.416 e. The van der Waals surface area contributed by atoms with Gasteiger partial charge in [0.25, 0.3) is 11.8 Å². The van der Waals surface area contributed by atoms with Gasteiger partial charge in [-0.05, 0) is 36.8 Å². The zero-order valence-corrected chi connectivity index (χ0v) is 25.6. The lowest BCUT2D eigenvalue weighted by atomic mass is 10.1. The number of nitrogens with zero attached hydrogens (tertiary/aromatic N) is 2. The van der Waals surface area contributed by atoms with Gasteiger partial charge in [-0.2, -0.15) is 13.2 Å². The van der Waals surface area contributed by atoms with Gasteiger partial charge < -0.3 is 25.4 Å². The van der Waals surface area contributed by atoms with Crippen LogP contribution in [0.1, 0.15) is 42.5 Å². The summed E-state index contributed by atoms with van der Waals surface area (Å²) < 4.78 is 72.1. The van der Waals surface area contributed by atoms with Gasteiger partial charge >= 0.3 is 6.18 Å². The van der Waals surface area contributed by atoms with E-state index < -0.39 is 48.0 Å². The molecule has 0 fully saturated rings. The van der Waals surface area contributed by atoms with Crippen LogP contribution >= 0.6 is 11.3 Å². The average molecular weight is 663 g/mol. The number of carbonyl (C=O) groups excluding carboxylic acids is 2. The van der Waals surface area contributed by atoms with Crippen LogP contribution in [0.15, 0.2) is 72.1 Å². The molecule has 244 valence electrons. The Morgan fingerprint density at radius 3 is 2.39 bits per heavy atom. The maximum atomic E-state index is 13.7. The highest BCUT2D eigenvalue weighted by atomic mass is 32.1. The largest absolute Gasteiger partial charge is 0.491 e. The van der Waals surface area contributed by atoms with Crippen LogP contribution < -0.4 is 15.4 Å². The number of alkyl halides is 3. The molecule has 3 N–H and O–H groups in total. The van der Waals surface area contributed by atoms with Crippen molar-refractivity contribution in [1.29, 1.82) is 0 Å². The number of aliphatic hydroxyl groups is 1. The van der Waals surface area contributed by atoms with Crippen LogP contribution in [-0.2, 0) is 19.3 Å². The number of hydrogen-bond acceptors (Lipinski definition) is 7. The summed E-state index contributed by atoms with van der Waals surface area (Å²) in [6.45, 7) is 1.47. The third kappa shape index (κ3) is 9.80. The van der Waals surface area contributed by atoms with Gasteiger partial charge in [-0.25, -0.2) is 13.8 Å². The van der Waals surface area contributed by atoms with Crippen molar-refractivity contribution in [3.8, 4) is 5.75 Å². The van der Waals surface area contributed by atoms with Gasteiger partial charge in [-0.15, -0.1) is 11.3 Å². The number of rotatable bonds is 13. The number of nitrogens with one attached hydrogen (secondary N) is 2. The summed E-state index contributed by atoms with van der Waals surface area (Å²) in [5, 5.41) is 19.1. The van der Waals surface area contributed by atoms with Crippen LogP contribution in [0.4, 0.5) is 22.0 Å². The van der Waals surface area contributed by atoms with E-state index in [0.29, 0.717) is 11.6 Å². The van der Waals surface area contributed by atoms with Crippen LogP contribution in [0.25, 0.3) is 0 Å². The van der Waals surface area contributed by atoms with E-state index in [1.54, 1.807) is 13.1 Å². The lowest BCUT2D eigenvalue weighted by molar-refractivity contribution is -0.137. The molecular formula is C32H31F5N4O4S. The molecule has 2 amide bonds. The van der Waals surface area contributed by atoms with Crippen LogP contribution in [-0.4, -0.2) is 59.1 Å². The lowest BCUT2D eigenvalue weighted by Gasteiger charge is -2.25. The minimum absolute atomic E-state index is 0.0319. The summed E-state index contributed by atoms with van der Waals surface area (Å²) in [5.41, 5.74) is 0.655. The van der Waals surface area contributed by atoms with Crippen molar-refractivity contribution in [3.05, 3.63) is 117 Å². The number of halogens is 5. The normalized spacial score (nSPS) is 12.8. The van der Waals surface area contributed by atoms with Crippen molar-refractivity contribution in [3.63, 3.8) is 0 Å². The first-order valence-electron chi connectivity index (χ1n) is 14.0. The van der Waals surface area contributed by atoms with Crippen molar-refractivity contribution < 1.29 is 41.4 Å². The average Bonchev–Trinajstić information content (AvgIpc) is 3.42. The molecule has 2 atom stereocenters. The van der Waals surface area contributed by atoms with E-state index in [-0.39, 0.29) is 42.4 Å². The Bertz CT molecular complexity index is 1650. The number of thiazole rings is 1. The number of aryl methyl sites for hydroxylation is 1. The predicted octanol–water partition coefficient (Wildman–Crippen LogP) is 5.35. The molecule has 0 aliphatic heterocycles. The topological polar surface area (TPSA) is 104 Å². The minimum Gasteiger partial charge on any atom is -0.491 e. The predicted molar refractivity (Wildman–Crippen MR) is 161 cm³/mol. The van der Waals surface area contributed by atoms with E-state index in [2.05, 4.69) is 15.6 Å². The Morgan fingerprint density at radius 1 is 1.02 bits per heavy atom. The molecule has 0 radical (unpaired) electrons. The highest BCUT2D eigenvalue weighted by Gasteiger charge is 2.30. The highest BCUT2D eigenvalue weighted by Crippen LogP contribution is 2.29. The Kier molecular flexibility index (Phi) is 11.4. The third-order valence-corrected chi connectivity index (χ3v) is 7.69. The Morgan fingerprint density at radius 2 is 1.72 bits per heavy atom. The fourth-order valence-corrected chi connectivity index (χ4v) is 5.25. The summed E-state index contributed by atoms with van der Waals surface area (Å²) in [6, 6.07) is 12.0. The van der Waals surface area contributed by atoms with Gasteiger partial charge in [-0.3, -0.25) is 9.59 Å². The number of benzene rings is 3. The number of hydrogen-bond donors (Lipinski definition) is 3. The van der Waals surface area contributed by atoms with Gasteiger partial charge in [0.05, 0.1) is 24.3 Å². The van der Waals surface area contributed by atoms with Crippen LogP contribution in [0.3, 0.4) is 0 Å². The van der Waals surface area contributed by atoms with Crippen molar-refractivity contribution in [2.24, 2.45) is 0 Å². The molecule has 3 aromatic carbocycles. The summed E-state index contributed by atoms with van der Waals surface area (Å²) in [7, 11) is 1.61. The Hall–Kier alpha value is -4.40. The van der Waals surface area contributed by atoms with Crippen LogP contribution in [0.2, 0.25) is 0 Å². The number of amides is 2. The zero-order valence-electron chi connectivity index (χ0n) is 24.8. The molecule has 0 spiro atoms. The highest BCUT2D eigenvalue weighted by molar-refractivity contribution is 7.09. The molecule has 2 unspecified atom stereocenters. The van der Waals surface area contributed by atoms with E-state index in [0.717, 1.165) is 35.0 Å². The number of ether oxygens (including phenoxy) is 1. The SMILES string of the molecule is Cc1csc(CN(C)C(=O)c2cccc(C(=O)NC(COc3cc(F)cc(F)c3)C(O)CNCc3cccc(C(F)(F)F)c3)c2)n1. The molecule has 46 heavy (non-hydrogen) atoms. The molecule has 0 aliphatic rings. The first kappa shape index (κ1) is 34.5. The van der Waals surface area contributed by atoms with Crippen molar-refractivity contribution in [2.45, 2.75) is 38.3 Å². The zero-order chi connectivity index (χ0) is 33.4. The molecule has 1 aromatic heterocycles. The summed E-state index contributed by atoms with van der Waals surface area (Å²) in [5.74, 6) is -3.00. The molecule has 0 aliphatic carbocycles. The van der Waals surface area contributed by atoms with E-state index in [1.807, 2.05) is 12.3 Å². The van der Waals surface area contributed by atoms with Crippen molar-refractivity contribution in [2.75, 3.05) is 20.2 Å². The molecule has 0 saturated carbocycles. The molecule has 0 bridgehead atoms. The Balaban J connectivity index is 1.45. The van der Waals surface area contributed by atoms with Gasteiger partial charge in [0.15, 0.2) is 0 Å². The van der Waals surface area contributed by atoms with Gasteiger partial charge in [-0.1, -0.05) is 24.3 Å². The Labute approximate surface area is 265 Å². The van der Waals surface area contributed by atoms with Gasteiger partial charge in [0, 0.05) is 60.5 Å². The number of aromatic nitrogens is 1. The summed E-state index contributed by atoms with van der Waals surface area (Å²) >= 11 is 1.42. The first-order valence-corrected chi connectivity index (χ1v) is 14.9. The van der Waals surface area contributed by atoms with Crippen molar-refractivity contribution in [1.82, 2.24) is 20.5 Å². The quantitative estimate of drug-likeness (QED) is 0.167. The lowest BCUT2D eigenvalue weighted by Crippen LogP contribution is -2.50. The standard InChI is InChI=1S/C32H31F5N4O4S/c1-19-18-46-29(39-19)16-41(2)31(44)22-7-4-6-21(10-22)30(43)40-27(17-45-26-12-24(33)11-25(34)13-26)28(42)15-38-14-20-5-3-8-23(9-20)32(35,36)37/h3-13,18,27-28,38,42H,14-17H2,1-2H3,(H,40,43). The number of carbonyl (C=O) groups is 2. The van der Waals surface area contributed by atoms with Crippen molar-refractivity contribution >= 4 is 23.2 Å². The molecule has 1 heterocycles. The third-order valence-electron chi connectivity index (χ3n) is 6.74. The summed E-state index contributed by atoms with van der Waals surface area (Å²) in [4.78, 5) is 32.2. The second-order valence-electron chi connectivity index (χ2n) is 10.5. The molecular weight excluding hydrogens is 631 g/mol. The number of aliphatic hydroxyl groups excluding tert-OH is 1.